The van der Waals surface area contributed by atoms with Gasteiger partial charge in [-0.15, -0.1) is 0 Å². The van der Waals surface area contributed by atoms with Crippen LogP contribution in [0.5, 0.6) is 5.75 Å². The molecular formula is C23H22BrClN2O4S. The van der Waals surface area contributed by atoms with Crippen molar-refractivity contribution in [1.29, 1.82) is 0 Å². The van der Waals surface area contributed by atoms with Crippen LogP contribution in [0.15, 0.2) is 82.2 Å². The Bertz CT molecular complexity index is 1190. The summed E-state index contributed by atoms with van der Waals surface area (Å²) < 4.78 is 33.3. The van der Waals surface area contributed by atoms with Gasteiger partial charge in [0.1, 0.15) is 5.75 Å². The van der Waals surface area contributed by atoms with Crippen molar-refractivity contribution in [3.63, 3.8) is 0 Å². The van der Waals surface area contributed by atoms with Gasteiger partial charge in [-0.25, -0.2) is 8.42 Å². The van der Waals surface area contributed by atoms with E-state index in [1.807, 2.05) is 30.3 Å². The molecule has 32 heavy (non-hydrogen) atoms. The lowest BCUT2D eigenvalue weighted by Crippen LogP contribution is -2.30. The highest BCUT2D eigenvalue weighted by atomic mass is 79.9. The van der Waals surface area contributed by atoms with Crippen molar-refractivity contribution in [3.8, 4) is 5.75 Å². The van der Waals surface area contributed by atoms with Gasteiger partial charge in [0.05, 0.1) is 9.37 Å². The summed E-state index contributed by atoms with van der Waals surface area (Å²) in [6.45, 7) is 1.88. The van der Waals surface area contributed by atoms with Crippen molar-refractivity contribution in [1.82, 2.24) is 4.31 Å². The minimum atomic E-state index is -3.67. The Kier molecular flexibility index (Phi) is 7.95. The highest BCUT2D eigenvalue weighted by molar-refractivity contribution is 9.10. The predicted octanol–water partition coefficient (Wildman–Crippen LogP) is 5.33. The van der Waals surface area contributed by atoms with Crippen LogP contribution < -0.4 is 10.1 Å². The summed E-state index contributed by atoms with van der Waals surface area (Å²) in [5.41, 5.74) is 1.36. The van der Waals surface area contributed by atoms with Crippen LogP contribution in [-0.4, -0.2) is 31.8 Å². The lowest BCUT2D eigenvalue weighted by atomic mass is 10.2. The number of rotatable bonds is 8. The second-order valence-electron chi connectivity index (χ2n) is 7.10. The molecule has 3 aromatic rings. The predicted molar refractivity (Wildman–Crippen MR) is 129 cm³/mol. The zero-order chi connectivity index (χ0) is 23.3. The minimum absolute atomic E-state index is 0.142. The molecule has 0 fully saturated rings. The zero-order valence-electron chi connectivity index (χ0n) is 17.5. The lowest BCUT2D eigenvalue weighted by Gasteiger charge is -2.18. The van der Waals surface area contributed by atoms with E-state index in [9.17, 15) is 13.2 Å². The van der Waals surface area contributed by atoms with Gasteiger partial charge in [0.25, 0.3) is 5.91 Å². The summed E-state index contributed by atoms with van der Waals surface area (Å²) in [4.78, 5) is 12.6. The Morgan fingerprint density at radius 2 is 1.75 bits per heavy atom. The summed E-state index contributed by atoms with van der Waals surface area (Å²) in [5.74, 6) is 0.114. The number of hydrogen-bond acceptors (Lipinski definition) is 4. The van der Waals surface area contributed by atoms with Gasteiger partial charge >= 0.3 is 0 Å². The second kappa shape index (κ2) is 10.5. The maximum Gasteiger partial charge on any atom is 0.265 e. The molecule has 0 heterocycles. The van der Waals surface area contributed by atoms with Gasteiger partial charge in [-0.05, 0) is 70.9 Å². The molecule has 0 aliphatic rings. The molecule has 0 spiro atoms. The van der Waals surface area contributed by atoms with Crippen molar-refractivity contribution in [2.45, 2.75) is 24.5 Å². The van der Waals surface area contributed by atoms with Crippen LogP contribution in [0.4, 0.5) is 5.69 Å². The van der Waals surface area contributed by atoms with Crippen LogP contribution in [-0.2, 0) is 21.4 Å². The number of halogens is 2. The smallest absolute Gasteiger partial charge is 0.265 e. The molecule has 0 saturated heterocycles. The normalized spacial score (nSPS) is 12.4. The van der Waals surface area contributed by atoms with Crippen LogP contribution >= 0.6 is 27.5 Å². The van der Waals surface area contributed by atoms with E-state index in [4.69, 9.17) is 16.3 Å². The topological polar surface area (TPSA) is 75.7 Å². The van der Waals surface area contributed by atoms with E-state index in [0.29, 0.717) is 20.9 Å². The van der Waals surface area contributed by atoms with E-state index in [-0.39, 0.29) is 17.3 Å². The fourth-order valence-corrected chi connectivity index (χ4v) is 4.81. The van der Waals surface area contributed by atoms with E-state index < -0.39 is 16.1 Å². The summed E-state index contributed by atoms with van der Waals surface area (Å²) >= 11 is 9.27. The first-order valence-corrected chi connectivity index (χ1v) is 12.3. The molecule has 1 atom stereocenters. The van der Waals surface area contributed by atoms with Crippen molar-refractivity contribution in [3.05, 3.63) is 87.9 Å². The van der Waals surface area contributed by atoms with E-state index in [2.05, 4.69) is 21.2 Å². The summed E-state index contributed by atoms with van der Waals surface area (Å²) in [6.07, 6.45) is -0.784. The number of nitrogens with one attached hydrogen (secondary N) is 1. The Hall–Kier alpha value is -2.39. The molecule has 1 N–H and O–H groups in total. The lowest BCUT2D eigenvalue weighted by molar-refractivity contribution is -0.122. The Morgan fingerprint density at radius 1 is 1.09 bits per heavy atom. The number of anilines is 1. The molecule has 1 unspecified atom stereocenters. The number of sulfonamides is 1. The monoisotopic (exact) mass is 536 g/mol. The maximum atomic E-state index is 12.8. The Balaban J connectivity index is 1.63. The summed E-state index contributed by atoms with van der Waals surface area (Å²) in [7, 11) is -2.13. The fourth-order valence-electron chi connectivity index (χ4n) is 2.87. The highest BCUT2D eigenvalue weighted by Crippen LogP contribution is 2.29. The SMILES string of the molecule is CC(Oc1ccc(Cl)cc1Br)C(=O)Nc1ccc(S(=O)(=O)N(C)Cc2ccccc2)cc1. The molecule has 0 aliphatic carbocycles. The third-order valence-electron chi connectivity index (χ3n) is 4.64. The number of benzene rings is 3. The number of amides is 1. The third-order valence-corrected chi connectivity index (χ3v) is 7.32. The molecule has 0 bridgehead atoms. The first-order chi connectivity index (χ1) is 15.2. The Morgan fingerprint density at radius 3 is 2.38 bits per heavy atom. The molecule has 0 saturated carbocycles. The summed E-state index contributed by atoms with van der Waals surface area (Å²) in [5, 5.41) is 3.27. The van der Waals surface area contributed by atoms with Crippen molar-refractivity contribution >= 4 is 49.1 Å². The molecule has 9 heteroatoms. The van der Waals surface area contributed by atoms with E-state index in [0.717, 1.165) is 5.56 Å². The van der Waals surface area contributed by atoms with Crippen molar-refractivity contribution < 1.29 is 17.9 Å². The number of hydrogen-bond donors (Lipinski definition) is 1. The standard InChI is InChI=1S/C23H22BrClN2O4S/c1-16(31-22-13-8-18(25)14-21(22)24)23(28)26-19-9-11-20(12-10-19)32(29,30)27(2)15-17-6-4-3-5-7-17/h3-14,16H,15H2,1-2H3,(H,26,28). The number of carbonyl (C=O) groups is 1. The van der Waals surface area contributed by atoms with Crippen LogP contribution in [0.3, 0.4) is 0 Å². The van der Waals surface area contributed by atoms with Crippen LogP contribution in [0.2, 0.25) is 5.02 Å². The number of carbonyl (C=O) groups excluding carboxylic acids is 1. The first-order valence-electron chi connectivity index (χ1n) is 9.70. The van der Waals surface area contributed by atoms with E-state index in [1.54, 1.807) is 37.3 Å². The largest absolute Gasteiger partial charge is 0.480 e. The average molecular weight is 538 g/mol. The minimum Gasteiger partial charge on any atom is -0.480 e. The summed E-state index contributed by atoms with van der Waals surface area (Å²) in [6, 6.07) is 20.4. The van der Waals surface area contributed by atoms with Gasteiger partial charge in [-0.3, -0.25) is 4.79 Å². The van der Waals surface area contributed by atoms with Gasteiger partial charge in [0.2, 0.25) is 10.0 Å². The van der Waals surface area contributed by atoms with Crippen molar-refractivity contribution in [2.75, 3.05) is 12.4 Å². The molecule has 168 valence electrons. The van der Waals surface area contributed by atoms with Gasteiger partial charge in [0, 0.05) is 24.3 Å². The molecular weight excluding hydrogens is 516 g/mol. The van der Waals surface area contributed by atoms with Crippen LogP contribution in [0.1, 0.15) is 12.5 Å². The molecule has 1 amide bonds. The zero-order valence-corrected chi connectivity index (χ0v) is 20.6. The first kappa shape index (κ1) is 24.3. The average Bonchev–Trinajstić information content (AvgIpc) is 2.76. The van der Waals surface area contributed by atoms with Crippen molar-refractivity contribution in [2.24, 2.45) is 0 Å². The third kappa shape index (κ3) is 6.10. The fraction of sp³-hybridized carbons (Fsp3) is 0.174. The number of ether oxygens (including phenoxy) is 1. The highest BCUT2D eigenvalue weighted by Gasteiger charge is 2.21. The molecule has 6 nitrogen and oxygen atoms in total. The Labute approximate surface area is 201 Å². The van der Waals surface area contributed by atoms with Gasteiger partial charge in [-0.1, -0.05) is 41.9 Å². The molecule has 3 rings (SSSR count). The maximum absolute atomic E-state index is 12.8. The van der Waals surface area contributed by atoms with E-state index in [1.165, 1.54) is 23.5 Å². The number of nitrogens with zero attached hydrogens (tertiary/aromatic N) is 1. The molecule has 0 aliphatic heterocycles. The second-order valence-corrected chi connectivity index (χ2v) is 10.4. The van der Waals surface area contributed by atoms with E-state index >= 15 is 0 Å². The quantitative estimate of drug-likeness (QED) is 0.421. The van der Waals surface area contributed by atoms with Gasteiger partial charge < -0.3 is 10.1 Å². The molecule has 3 aromatic carbocycles. The molecule has 0 radical (unpaired) electrons. The van der Waals surface area contributed by atoms with Gasteiger partial charge in [-0.2, -0.15) is 4.31 Å². The molecule has 0 aromatic heterocycles. The van der Waals surface area contributed by atoms with Gasteiger partial charge in [0.15, 0.2) is 6.10 Å². The van der Waals surface area contributed by atoms with Crippen LogP contribution in [0.25, 0.3) is 0 Å². The van der Waals surface area contributed by atoms with Crippen LogP contribution in [0, 0.1) is 0 Å².